The third-order valence-electron chi connectivity index (χ3n) is 3.59. The van der Waals surface area contributed by atoms with Crippen LogP contribution in [0.15, 0.2) is 66.7 Å². The van der Waals surface area contributed by atoms with E-state index in [1.54, 1.807) is 36.4 Å². The molecule has 3 aromatic carbocycles. The highest BCUT2D eigenvalue weighted by Gasteiger charge is 2.17. The molecular weight excluding hydrogens is 423 g/mol. The average Bonchev–Trinajstić information content (AvgIpc) is 2.67. The molecule has 0 aliphatic heterocycles. The van der Waals surface area contributed by atoms with Crippen LogP contribution in [-0.4, -0.2) is 12.0 Å². The minimum Gasteiger partial charge on any atom is -0.409 e. The van der Waals surface area contributed by atoms with E-state index in [0.717, 1.165) is 0 Å². The number of halogens is 3. The molecule has 3 rings (SSSR count). The Morgan fingerprint density at radius 2 is 1.50 bits per heavy atom. The van der Waals surface area contributed by atoms with Crippen LogP contribution < -0.4 is 15.4 Å². The Morgan fingerprint density at radius 3 is 2.21 bits per heavy atom. The van der Waals surface area contributed by atoms with Gasteiger partial charge in [-0.05, 0) is 48.5 Å². The molecule has 5 nitrogen and oxygen atoms in total. The van der Waals surface area contributed by atoms with Crippen LogP contribution in [0.3, 0.4) is 0 Å². The second-order valence-electron chi connectivity index (χ2n) is 5.60. The smallest absolute Gasteiger partial charge is 0.409 e. The van der Waals surface area contributed by atoms with Crippen LogP contribution in [0.4, 0.5) is 16.2 Å². The fourth-order valence-corrected chi connectivity index (χ4v) is 2.78. The first-order valence-electron chi connectivity index (χ1n) is 8.02. The van der Waals surface area contributed by atoms with E-state index in [2.05, 4.69) is 10.6 Å². The van der Waals surface area contributed by atoms with Crippen molar-refractivity contribution >= 4 is 58.2 Å². The number of anilines is 2. The van der Waals surface area contributed by atoms with Crippen molar-refractivity contribution in [2.45, 2.75) is 0 Å². The van der Waals surface area contributed by atoms with Gasteiger partial charge in [0.2, 0.25) is 0 Å². The van der Waals surface area contributed by atoms with E-state index in [0.29, 0.717) is 21.4 Å². The SMILES string of the molecule is O=C(Nc1ccc(Cl)c(Cl)c1)Oc1ccc(Cl)cc1C(=O)Nc1ccccc1. The summed E-state index contributed by atoms with van der Waals surface area (Å²) in [5.74, 6) is -0.415. The molecule has 8 heteroatoms. The van der Waals surface area contributed by atoms with Gasteiger partial charge in [-0.15, -0.1) is 0 Å². The Bertz CT molecular complexity index is 1030. The maximum atomic E-state index is 12.6. The quantitative estimate of drug-likeness (QED) is 0.491. The van der Waals surface area contributed by atoms with Crippen LogP contribution in [0.5, 0.6) is 5.75 Å². The van der Waals surface area contributed by atoms with E-state index in [1.165, 1.54) is 24.3 Å². The second-order valence-corrected chi connectivity index (χ2v) is 6.85. The predicted molar refractivity (Wildman–Crippen MR) is 112 cm³/mol. The lowest BCUT2D eigenvalue weighted by atomic mass is 10.2. The van der Waals surface area contributed by atoms with Crippen molar-refractivity contribution in [1.82, 2.24) is 0 Å². The van der Waals surface area contributed by atoms with Gasteiger partial charge in [0.05, 0.1) is 15.6 Å². The monoisotopic (exact) mass is 434 g/mol. The van der Waals surface area contributed by atoms with Gasteiger partial charge < -0.3 is 10.1 Å². The number of benzene rings is 3. The minimum absolute atomic E-state index is 0.0513. The van der Waals surface area contributed by atoms with E-state index < -0.39 is 12.0 Å². The molecule has 0 unspecified atom stereocenters. The lowest BCUT2D eigenvalue weighted by molar-refractivity contribution is 0.102. The Balaban J connectivity index is 1.77. The zero-order valence-electron chi connectivity index (χ0n) is 14.2. The van der Waals surface area contributed by atoms with E-state index in [9.17, 15) is 9.59 Å². The third kappa shape index (κ3) is 5.16. The second kappa shape index (κ2) is 8.97. The Hall–Kier alpha value is -2.73. The standard InChI is InChI=1S/C20H13Cl3N2O3/c21-12-6-9-18(15(10-12)19(26)24-13-4-2-1-3-5-13)28-20(27)25-14-7-8-16(22)17(23)11-14/h1-11H,(H,24,26)(H,25,27). The molecule has 2 amide bonds. The summed E-state index contributed by atoms with van der Waals surface area (Å²) in [5, 5.41) is 6.22. The topological polar surface area (TPSA) is 67.4 Å². The number of carbonyl (C=O) groups is 2. The normalized spacial score (nSPS) is 10.2. The molecule has 0 saturated heterocycles. The molecule has 28 heavy (non-hydrogen) atoms. The Morgan fingerprint density at radius 1 is 0.750 bits per heavy atom. The molecule has 0 aromatic heterocycles. The molecule has 2 N–H and O–H groups in total. The lowest BCUT2D eigenvalue weighted by Gasteiger charge is -2.12. The Kier molecular flexibility index (Phi) is 6.41. The summed E-state index contributed by atoms with van der Waals surface area (Å²) in [6.07, 6.45) is -0.797. The first kappa shape index (κ1) is 20.0. The number of nitrogens with one attached hydrogen (secondary N) is 2. The van der Waals surface area contributed by atoms with Gasteiger partial charge in [0.25, 0.3) is 5.91 Å². The van der Waals surface area contributed by atoms with E-state index in [1.807, 2.05) is 6.07 Å². The van der Waals surface area contributed by atoms with Crippen LogP contribution >= 0.6 is 34.8 Å². The highest BCUT2D eigenvalue weighted by molar-refractivity contribution is 6.42. The van der Waals surface area contributed by atoms with E-state index in [4.69, 9.17) is 39.5 Å². The summed E-state index contributed by atoms with van der Waals surface area (Å²) in [4.78, 5) is 24.8. The van der Waals surface area contributed by atoms with Gasteiger partial charge in [-0.25, -0.2) is 4.79 Å². The Labute approximate surface area is 176 Å². The zero-order valence-corrected chi connectivity index (χ0v) is 16.5. The van der Waals surface area contributed by atoms with Crippen LogP contribution in [-0.2, 0) is 0 Å². The van der Waals surface area contributed by atoms with Gasteiger partial charge in [0.15, 0.2) is 0 Å². The molecular formula is C20H13Cl3N2O3. The molecule has 0 spiro atoms. The van der Waals surface area contributed by atoms with Crippen molar-refractivity contribution in [3.8, 4) is 5.75 Å². The number of para-hydroxylation sites is 1. The van der Waals surface area contributed by atoms with E-state index in [-0.39, 0.29) is 16.3 Å². The van der Waals surface area contributed by atoms with E-state index >= 15 is 0 Å². The van der Waals surface area contributed by atoms with Crippen molar-refractivity contribution in [2.75, 3.05) is 10.6 Å². The summed E-state index contributed by atoms with van der Waals surface area (Å²) >= 11 is 17.8. The van der Waals surface area contributed by atoms with Gasteiger partial charge in [0.1, 0.15) is 5.75 Å². The largest absolute Gasteiger partial charge is 0.417 e. The van der Waals surface area contributed by atoms with Crippen LogP contribution in [0, 0.1) is 0 Å². The van der Waals surface area contributed by atoms with Crippen LogP contribution in [0.2, 0.25) is 15.1 Å². The summed E-state index contributed by atoms with van der Waals surface area (Å²) in [6.45, 7) is 0. The molecule has 0 bridgehead atoms. The van der Waals surface area contributed by atoms with Gasteiger partial charge in [0, 0.05) is 16.4 Å². The number of ether oxygens (including phenoxy) is 1. The number of rotatable bonds is 4. The number of carbonyl (C=O) groups excluding carboxylic acids is 2. The third-order valence-corrected chi connectivity index (χ3v) is 4.56. The molecule has 0 atom stereocenters. The predicted octanol–water partition coefficient (Wildman–Crippen LogP) is 6.51. The van der Waals surface area contributed by atoms with Crippen molar-refractivity contribution in [3.05, 3.63) is 87.4 Å². The molecule has 142 valence electrons. The summed E-state index contributed by atoms with van der Waals surface area (Å²) in [6, 6.07) is 17.8. The average molecular weight is 436 g/mol. The molecule has 0 saturated carbocycles. The summed E-state index contributed by atoms with van der Waals surface area (Å²) < 4.78 is 5.29. The van der Waals surface area contributed by atoms with Crippen molar-refractivity contribution in [2.24, 2.45) is 0 Å². The highest BCUT2D eigenvalue weighted by atomic mass is 35.5. The molecule has 3 aromatic rings. The van der Waals surface area contributed by atoms with Crippen molar-refractivity contribution < 1.29 is 14.3 Å². The first-order valence-corrected chi connectivity index (χ1v) is 9.15. The maximum absolute atomic E-state index is 12.6. The van der Waals surface area contributed by atoms with Gasteiger partial charge >= 0.3 is 6.09 Å². The van der Waals surface area contributed by atoms with Crippen molar-refractivity contribution in [3.63, 3.8) is 0 Å². The van der Waals surface area contributed by atoms with Gasteiger partial charge in [-0.2, -0.15) is 0 Å². The van der Waals surface area contributed by atoms with Crippen LogP contribution in [0.25, 0.3) is 0 Å². The molecule has 0 aliphatic carbocycles. The number of hydrogen-bond donors (Lipinski definition) is 2. The van der Waals surface area contributed by atoms with Crippen LogP contribution in [0.1, 0.15) is 10.4 Å². The number of amides is 2. The summed E-state index contributed by atoms with van der Waals surface area (Å²) in [7, 11) is 0. The molecule has 0 aliphatic rings. The summed E-state index contributed by atoms with van der Waals surface area (Å²) in [5.41, 5.74) is 1.10. The maximum Gasteiger partial charge on any atom is 0.417 e. The number of hydrogen-bond acceptors (Lipinski definition) is 3. The molecule has 0 fully saturated rings. The lowest BCUT2D eigenvalue weighted by Crippen LogP contribution is -2.20. The highest BCUT2D eigenvalue weighted by Crippen LogP contribution is 2.27. The fourth-order valence-electron chi connectivity index (χ4n) is 2.31. The van der Waals surface area contributed by atoms with Gasteiger partial charge in [-0.3, -0.25) is 10.1 Å². The molecule has 0 radical (unpaired) electrons. The minimum atomic E-state index is -0.797. The fraction of sp³-hybridized carbons (Fsp3) is 0. The zero-order chi connectivity index (χ0) is 20.1. The van der Waals surface area contributed by atoms with Crippen molar-refractivity contribution in [1.29, 1.82) is 0 Å². The molecule has 0 heterocycles. The first-order chi connectivity index (χ1) is 13.4. The van der Waals surface area contributed by atoms with Gasteiger partial charge in [-0.1, -0.05) is 53.0 Å².